The number of sulfonamides is 1. The molecule has 1 N–H and O–H groups in total. The number of nitrogens with zero attached hydrogens (tertiary/aromatic N) is 2. The van der Waals surface area contributed by atoms with E-state index in [1.165, 1.54) is 9.21 Å². The van der Waals surface area contributed by atoms with E-state index in [0.717, 1.165) is 5.56 Å². The molecule has 3 rings (SSSR count). The third kappa shape index (κ3) is 5.23. The number of hydrogen-bond acceptors (Lipinski definition) is 5. The first-order valence-corrected chi connectivity index (χ1v) is 11.7. The van der Waals surface area contributed by atoms with Crippen molar-refractivity contribution in [2.24, 2.45) is 0 Å². The van der Waals surface area contributed by atoms with Gasteiger partial charge in [0, 0.05) is 19.6 Å². The molecule has 8 nitrogen and oxygen atoms in total. The number of anilines is 1. The van der Waals surface area contributed by atoms with Crippen molar-refractivity contribution in [1.29, 1.82) is 0 Å². The predicted octanol–water partition coefficient (Wildman–Crippen LogP) is 2.15. The number of ether oxygens (including phenoxy) is 1. The average molecular weight is 446 g/mol. The van der Waals surface area contributed by atoms with E-state index in [4.69, 9.17) is 4.74 Å². The minimum atomic E-state index is -3.52. The topological polar surface area (TPSA) is 96.0 Å². The maximum Gasteiger partial charge on any atom is 0.243 e. The fraction of sp³-hybridized carbons (Fsp3) is 0.364. The third-order valence-electron chi connectivity index (χ3n) is 5.09. The van der Waals surface area contributed by atoms with Gasteiger partial charge in [0.1, 0.15) is 12.3 Å². The first-order valence-electron chi connectivity index (χ1n) is 10.2. The van der Waals surface area contributed by atoms with Gasteiger partial charge < -0.3 is 10.1 Å². The first-order chi connectivity index (χ1) is 14.9. The van der Waals surface area contributed by atoms with Gasteiger partial charge in [0.15, 0.2) is 0 Å². The molecule has 166 valence electrons. The van der Waals surface area contributed by atoms with Gasteiger partial charge in [-0.3, -0.25) is 14.5 Å². The molecule has 9 heteroatoms. The zero-order valence-corrected chi connectivity index (χ0v) is 18.5. The number of carbonyl (C=O) groups excluding carboxylic acids is 2. The smallest absolute Gasteiger partial charge is 0.243 e. The summed E-state index contributed by atoms with van der Waals surface area (Å²) >= 11 is 0. The molecule has 0 aromatic heterocycles. The van der Waals surface area contributed by atoms with Gasteiger partial charge in [-0.15, -0.1) is 0 Å². The van der Waals surface area contributed by atoms with E-state index in [2.05, 4.69) is 5.32 Å². The van der Waals surface area contributed by atoms with Crippen molar-refractivity contribution in [2.75, 3.05) is 31.1 Å². The van der Waals surface area contributed by atoms with Crippen LogP contribution >= 0.6 is 0 Å². The number of nitrogens with one attached hydrogen (secondary N) is 1. The summed E-state index contributed by atoms with van der Waals surface area (Å²) < 4.78 is 32.1. The van der Waals surface area contributed by atoms with Gasteiger partial charge in [0.25, 0.3) is 0 Å². The van der Waals surface area contributed by atoms with Crippen molar-refractivity contribution >= 4 is 27.5 Å². The molecule has 0 spiro atoms. The lowest BCUT2D eigenvalue weighted by Gasteiger charge is -2.21. The quantitative estimate of drug-likeness (QED) is 0.672. The minimum Gasteiger partial charge on any atom is -0.491 e. The SMILES string of the molecule is CCN(CC)S(=O)(=O)c1ccc(CNC(=O)CN2C(=O)CCOc3ccccc32)cc1. The summed E-state index contributed by atoms with van der Waals surface area (Å²) in [7, 11) is -3.52. The Morgan fingerprint density at radius 3 is 2.45 bits per heavy atom. The summed E-state index contributed by atoms with van der Waals surface area (Å²) in [5.41, 5.74) is 1.34. The molecule has 0 atom stereocenters. The standard InChI is InChI=1S/C22H27N3O5S/c1-3-24(4-2)31(28,29)18-11-9-17(10-12-18)15-23-21(26)16-25-19-7-5-6-8-20(19)30-14-13-22(25)27/h5-12H,3-4,13-16H2,1-2H3,(H,23,26). The van der Waals surface area contributed by atoms with Crippen molar-refractivity contribution in [3.8, 4) is 5.75 Å². The van der Waals surface area contributed by atoms with Crippen LogP contribution in [0.3, 0.4) is 0 Å². The van der Waals surface area contributed by atoms with Crippen LogP contribution in [0.15, 0.2) is 53.4 Å². The molecule has 0 fully saturated rings. The van der Waals surface area contributed by atoms with E-state index in [-0.39, 0.29) is 42.8 Å². The van der Waals surface area contributed by atoms with E-state index >= 15 is 0 Å². The number of fused-ring (bicyclic) bond motifs is 1. The van der Waals surface area contributed by atoms with Crippen molar-refractivity contribution in [3.05, 3.63) is 54.1 Å². The molecule has 0 aliphatic carbocycles. The first kappa shape index (κ1) is 22.8. The van der Waals surface area contributed by atoms with Gasteiger partial charge >= 0.3 is 0 Å². The Balaban J connectivity index is 1.63. The number of carbonyl (C=O) groups is 2. The van der Waals surface area contributed by atoms with Gasteiger partial charge in [-0.1, -0.05) is 38.1 Å². The second kappa shape index (κ2) is 9.93. The maximum absolute atomic E-state index is 12.6. The zero-order chi connectivity index (χ0) is 22.4. The van der Waals surface area contributed by atoms with Gasteiger partial charge in [-0.25, -0.2) is 8.42 Å². The van der Waals surface area contributed by atoms with E-state index in [1.807, 2.05) is 6.07 Å². The Morgan fingerprint density at radius 1 is 1.10 bits per heavy atom. The molecule has 1 aliphatic rings. The minimum absolute atomic E-state index is 0.117. The van der Waals surface area contributed by atoms with Gasteiger partial charge in [-0.05, 0) is 29.8 Å². The van der Waals surface area contributed by atoms with Gasteiger partial charge in [0.05, 0.1) is 23.6 Å². The van der Waals surface area contributed by atoms with Crippen LogP contribution in [0.2, 0.25) is 0 Å². The van der Waals surface area contributed by atoms with Gasteiger partial charge in [0.2, 0.25) is 21.8 Å². The average Bonchev–Trinajstić information content (AvgIpc) is 2.92. The number of para-hydroxylation sites is 2. The van der Waals surface area contributed by atoms with Crippen molar-refractivity contribution in [2.45, 2.75) is 31.7 Å². The van der Waals surface area contributed by atoms with Crippen LogP contribution in [-0.2, 0) is 26.2 Å². The highest BCUT2D eigenvalue weighted by molar-refractivity contribution is 7.89. The summed E-state index contributed by atoms with van der Waals surface area (Å²) in [4.78, 5) is 26.6. The second-order valence-electron chi connectivity index (χ2n) is 7.06. The lowest BCUT2D eigenvalue weighted by Crippen LogP contribution is -2.40. The summed E-state index contributed by atoms with van der Waals surface area (Å²) in [5, 5.41) is 2.79. The Morgan fingerprint density at radius 2 is 1.77 bits per heavy atom. The third-order valence-corrected chi connectivity index (χ3v) is 7.15. The van der Waals surface area contributed by atoms with Crippen LogP contribution in [0.1, 0.15) is 25.8 Å². The van der Waals surface area contributed by atoms with Crippen LogP contribution in [-0.4, -0.2) is 50.8 Å². The fourth-order valence-electron chi connectivity index (χ4n) is 3.39. The van der Waals surface area contributed by atoms with Crippen molar-refractivity contribution in [3.63, 3.8) is 0 Å². The molecule has 0 bridgehead atoms. The number of rotatable bonds is 8. The highest BCUT2D eigenvalue weighted by Crippen LogP contribution is 2.30. The highest BCUT2D eigenvalue weighted by Gasteiger charge is 2.25. The van der Waals surface area contributed by atoms with Crippen LogP contribution in [0, 0.1) is 0 Å². The largest absolute Gasteiger partial charge is 0.491 e. The molecular formula is C22H27N3O5S. The number of benzene rings is 2. The Kier molecular flexibility index (Phi) is 7.29. The molecular weight excluding hydrogens is 418 g/mol. The molecule has 1 heterocycles. The molecule has 2 amide bonds. The lowest BCUT2D eigenvalue weighted by atomic mass is 10.2. The Bertz CT molecular complexity index is 1030. The van der Waals surface area contributed by atoms with E-state index in [0.29, 0.717) is 24.5 Å². The van der Waals surface area contributed by atoms with Crippen LogP contribution in [0.5, 0.6) is 5.75 Å². The normalized spacial score (nSPS) is 14.0. The molecule has 0 saturated heterocycles. The lowest BCUT2D eigenvalue weighted by molar-refractivity contribution is -0.124. The van der Waals surface area contributed by atoms with Crippen molar-refractivity contribution in [1.82, 2.24) is 9.62 Å². The van der Waals surface area contributed by atoms with Crippen LogP contribution < -0.4 is 15.0 Å². The fourth-order valence-corrected chi connectivity index (χ4v) is 4.84. The molecule has 0 saturated carbocycles. The molecule has 0 radical (unpaired) electrons. The highest BCUT2D eigenvalue weighted by atomic mass is 32.2. The summed E-state index contributed by atoms with van der Waals surface area (Å²) in [6.45, 7) is 4.78. The van der Waals surface area contributed by atoms with Crippen LogP contribution in [0.4, 0.5) is 5.69 Å². The van der Waals surface area contributed by atoms with Crippen molar-refractivity contribution < 1.29 is 22.7 Å². The zero-order valence-electron chi connectivity index (χ0n) is 17.7. The number of hydrogen-bond donors (Lipinski definition) is 1. The maximum atomic E-state index is 12.6. The van der Waals surface area contributed by atoms with E-state index in [9.17, 15) is 18.0 Å². The molecule has 1 aliphatic heterocycles. The molecule has 31 heavy (non-hydrogen) atoms. The molecule has 2 aromatic carbocycles. The second-order valence-corrected chi connectivity index (χ2v) is 8.99. The Labute approximate surface area is 182 Å². The summed E-state index contributed by atoms with van der Waals surface area (Å²) in [6, 6.07) is 13.6. The van der Waals surface area contributed by atoms with Crippen LogP contribution in [0.25, 0.3) is 0 Å². The molecule has 2 aromatic rings. The van der Waals surface area contributed by atoms with Gasteiger partial charge in [-0.2, -0.15) is 4.31 Å². The summed E-state index contributed by atoms with van der Waals surface area (Å²) in [6.07, 6.45) is 0.199. The number of amides is 2. The van der Waals surface area contributed by atoms with E-state index < -0.39 is 10.0 Å². The predicted molar refractivity (Wildman–Crippen MR) is 117 cm³/mol. The monoisotopic (exact) mass is 445 g/mol. The molecule has 0 unspecified atom stereocenters. The Hall–Kier alpha value is -2.91. The van der Waals surface area contributed by atoms with E-state index in [1.54, 1.807) is 56.3 Å². The summed E-state index contributed by atoms with van der Waals surface area (Å²) in [5.74, 6) is 0.0853.